The highest BCUT2D eigenvalue weighted by Crippen LogP contribution is 2.63. The molecule has 0 heterocycles. The summed E-state index contributed by atoms with van der Waals surface area (Å²) in [5.74, 6) is 2.09. The van der Waals surface area contributed by atoms with E-state index in [-0.39, 0.29) is 28.8 Å². The van der Waals surface area contributed by atoms with E-state index in [4.69, 9.17) is 0 Å². The third kappa shape index (κ3) is 3.20. The van der Waals surface area contributed by atoms with Gasteiger partial charge >= 0.3 is 0 Å². The van der Waals surface area contributed by atoms with Crippen molar-refractivity contribution in [3.8, 4) is 0 Å². The lowest BCUT2D eigenvalue weighted by atomic mass is 9.54. The number of allylic oxidation sites excluding steroid dienone is 4. The van der Waals surface area contributed by atoms with Crippen molar-refractivity contribution in [3.05, 3.63) is 58.2 Å². The van der Waals surface area contributed by atoms with Gasteiger partial charge < -0.3 is 0 Å². The highest BCUT2D eigenvalue weighted by molar-refractivity contribution is 5.95. The lowest BCUT2D eigenvalue weighted by Gasteiger charge is -2.49. The van der Waals surface area contributed by atoms with Crippen molar-refractivity contribution < 1.29 is 14.4 Å². The summed E-state index contributed by atoms with van der Waals surface area (Å²) in [6.07, 6.45) is 8.81. The fourth-order valence-corrected chi connectivity index (χ4v) is 7.53. The van der Waals surface area contributed by atoms with Crippen LogP contribution in [0.3, 0.4) is 0 Å². The number of ketones is 3. The Kier molecular flexibility index (Phi) is 4.91. The van der Waals surface area contributed by atoms with E-state index >= 15 is 0 Å². The van der Waals surface area contributed by atoms with Crippen molar-refractivity contribution in [1.29, 1.82) is 0 Å². The minimum atomic E-state index is 0.0689. The molecular formula is C28H32O3. The van der Waals surface area contributed by atoms with Crippen molar-refractivity contribution in [1.82, 2.24) is 0 Å². The van der Waals surface area contributed by atoms with Crippen LogP contribution in [0.2, 0.25) is 0 Å². The van der Waals surface area contributed by atoms with Gasteiger partial charge in [0.1, 0.15) is 5.78 Å². The van der Waals surface area contributed by atoms with Crippen LogP contribution < -0.4 is 0 Å². The molecule has 2 fully saturated rings. The molecule has 0 saturated heterocycles. The SMILES string of the molecule is CC(=O)c1ccc([C@@H]2CC(=O)C=C3CC[C@@H]4C(=C32)CC[C@]2(C)[C@@H](C(C)=O)CC[C@@H]42)cc1. The Bertz CT molecular complexity index is 1020. The van der Waals surface area contributed by atoms with Crippen LogP contribution in [0.1, 0.15) is 87.6 Å². The van der Waals surface area contributed by atoms with Crippen molar-refractivity contribution in [2.24, 2.45) is 23.2 Å². The van der Waals surface area contributed by atoms with E-state index in [1.165, 1.54) is 11.1 Å². The molecule has 0 aromatic heterocycles. The fraction of sp³-hybridized carbons (Fsp3) is 0.536. The smallest absolute Gasteiger partial charge is 0.159 e. The second-order valence-corrected chi connectivity index (χ2v) is 10.5. The Morgan fingerprint density at radius 1 is 1.00 bits per heavy atom. The van der Waals surface area contributed by atoms with Gasteiger partial charge in [-0.2, -0.15) is 0 Å². The van der Waals surface area contributed by atoms with Gasteiger partial charge in [0.25, 0.3) is 0 Å². The van der Waals surface area contributed by atoms with Crippen molar-refractivity contribution in [2.75, 3.05) is 0 Å². The minimum Gasteiger partial charge on any atom is -0.300 e. The standard InChI is InChI=1S/C28H32O3/c1-16(29)18-4-6-19(7-5-18)24-15-21(31)14-20-8-9-22-23(27(20)24)12-13-28(3)25(17(2)30)10-11-26(22)28/h4-7,14,22,24-26H,8-13,15H2,1-3H3/t22-,24+,25-,26+,28-/m1/s1. The number of benzene rings is 1. The van der Waals surface area contributed by atoms with Crippen molar-refractivity contribution >= 4 is 17.3 Å². The van der Waals surface area contributed by atoms with Gasteiger partial charge in [-0.25, -0.2) is 0 Å². The summed E-state index contributed by atoms with van der Waals surface area (Å²) in [6, 6.07) is 7.89. The quantitative estimate of drug-likeness (QED) is 0.568. The first kappa shape index (κ1) is 20.6. The first-order valence-corrected chi connectivity index (χ1v) is 11.9. The summed E-state index contributed by atoms with van der Waals surface area (Å²) in [5.41, 5.74) is 6.22. The second-order valence-electron chi connectivity index (χ2n) is 10.5. The van der Waals surface area contributed by atoms with Gasteiger partial charge in [-0.15, -0.1) is 0 Å². The number of hydrogen-bond donors (Lipinski definition) is 0. The molecule has 162 valence electrons. The molecule has 1 aromatic rings. The van der Waals surface area contributed by atoms with Crippen LogP contribution in [0, 0.1) is 23.2 Å². The topological polar surface area (TPSA) is 51.2 Å². The molecule has 0 bridgehead atoms. The summed E-state index contributed by atoms with van der Waals surface area (Å²) in [6.45, 7) is 5.73. The highest BCUT2D eigenvalue weighted by atomic mass is 16.1. The van der Waals surface area contributed by atoms with Gasteiger partial charge in [0.05, 0.1) is 0 Å². The summed E-state index contributed by atoms with van der Waals surface area (Å²) in [4.78, 5) is 36.7. The molecule has 0 radical (unpaired) electrons. The minimum absolute atomic E-state index is 0.0689. The summed E-state index contributed by atoms with van der Waals surface area (Å²) < 4.78 is 0. The molecule has 5 atom stereocenters. The Hall–Kier alpha value is -2.29. The molecule has 0 aliphatic heterocycles. The molecule has 4 aliphatic carbocycles. The maximum Gasteiger partial charge on any atom is 0.159 e. The monoisotopic (exact) mass is 416 g/mol. The van der Waals surface area contributed by atoms with Crippen LogP contribution in [0.4, 0.5) is 0 Å². The number of Topliss-reactive ketones (excluding diaryl/α,β-unsaturated/α-hetero) is 2. The third-order valence-electron chi connectivity index (χ3n) is 8.99. The molecule has 0 unspecified atom stereocenters. The summed E-state index contributed by atoms with van der Waals surface area (Å²) in [5, 5.41) is 0. The maximum absolute atomic E-state index is 12.6. The fourth-order valence-electron chi connectivity index (χ4n) is 7.53. The van der Waals surface area contributed by atoms with Crippen LogP contribution in [0.25, 0.3) is 0 Å². The lowest BCUT2D eigenvalue weighted by molar-refractivity contribution is -0.125. The highest BCUT2D eigenvalue weighted by Gasteiger charge is 2.55. The molecule has 31 heavy (non-hydrogen) atoms. The first-order valence-electron chi connectivity index (χ1n) is 11.9. The molecule has 5 rings (SSSR count). The number of rotatable bonds is 3. The molecule has 0 N–H and O–H groups in total. The number of carbonyl (C=O) groups excluding carboxylic acids is 3. The second kappa shape index (κ2) is 7.39. The maximum atomic E-state index is 12.6. The molecule has 0 amide bonds. The number of hydrogen-bond acceptors (Lipinski definition) is 3. The lowest BCUT2D eigenvalue weighted by Crippen LogP contribution is -2.42. The molecule has 3 heteroatoms. The van der Waals surface area contributed by atoms with Gasteiger partial charge in [0.15, 0.2) is 11.6 Å². The average Bonchev–Trinajstić information content (AvgIpc) is 3.10. The van der Waals surface area contributed by atoms with Crippen molar-refractivity contribution in [2.45, 2.75) is 71.6 Å². The average molecular weight is 417 g/mol. The van der Waals surface area contributed by atoms with Gasteiger partial charge in [-0.3, -0.25) is 14.4 Å². The molecule has 3 nitrogen and oxygen atoms in total. The third-order valence-corrected chi connectivity index (χ3v) is 8.99. The normalized spacial score (nSPS) is 34.5. The molecule has 1 aromatic carbocycles. The Morgan fingerprint density at radius 2 is 1.74 bits per heavy atom. The van der Waals surface area contributed by atoms with Crippen LogP contribution in [0.5, 0.6) is 0 Å². The zero-order valence-electron chi connectivity index (χ0n) is 18.9. The van der Waals surface area contributed by atoms with E-state index in [1.54, 1.807) is 19.4 Å². The number of fused-ring (bicyclic) bond motifs is 4. The van der Waals surface area contributed by atoms with Gasteiger partial charge in [-0.1, -0.05) is 36.8 Å². The predicted molar refractivity (Wildman–Crippen MR) is 121 cm³/mol. The van der Waals surface area contributed by atoms with Crippen LogP contribution in [-0.4, -0.2) is 17.3 Å². The molecule has 4 aliphatic rings. The largest absolute Gasteiger partial charge is 0.300 e. The zero-order valence-corrected chi connectivity index (χ0v) is 18.9. The molecular weight excluding hydrogens is 384 g/mol. The van der Waals surface area contributed by atoms with E-state index in [1.807, 2.05) is 30.3 Å². The van der Waals surface area contributed by atoms with Gasteiger partial charge in [0, 0.05) is 23.8 Å². The predicted octanol–water partition coefficient (Wildman–Crippen LogP) is 5.99. The Balaban J connectivity index is 1.57. The molecule has 2 saturated carbocycles. The van der Waals surface area contributed by atoms with E-state index in [0.29, 0.717) is 24.0 Å². The summed E-state index contributed by atoms with van der Waals surface area (Å²) in [7, 11) is 0. The zero-order chi connectivity index (χ0) is 21.9. The number of carbonyl (C=O) groups is 3. The molecule has 0 spiro atoms. The van der Waals surface area contributed by atoms with Crippen LogP contribution >= 0.6 is 0 Å². The van der Waals surface area contributed by atoms with Crippen LogP contribution in [-0.2, 0) is 9.59 Å². The van der Waals surface area contributed by atoms with E-state index < -0.39 is 0 Å². The van der Waals surface area contributed by atoms with Gasteiger partial charge in [-0.05, 0) is 92.4 Å². The van der Waals surface area contributed by atoms with Crippen LogP contribution in [0.15, 0.2) is 47.1 Å². The Morgan fingerprint density at radius 3 is 2.42 bits per heavy atom. The first-order chi connectivity index (χ1) is 14.8. The van der Waals surface area contributed by atoms with E-state index in [0.717, 1.165) is 49.7 Å². The summed E-state index contributed by atoms with van der Waals surface area (Å²) >= 11 is 0. The van der Waals surface area contributed by atoms with Crippen molar-refractivity contribution in [3.63, 3.8) is 0 Å². The Labute approximate surface area is 185 Å². The van der Waals surface area contributed by atoms with E-state index in [2.05, 4.69) is 6.92 Å². The van der Waals surface area contributed by atoms with Gasteiger partial charge in [0.2, 0.25) is 0 Å². The van der Waals surface area contributed by atoms with E-state index in [9.17, 15) is 14.4 Å².